The Hall–Kier alpha value is -3.84. The van der Waals surface area contributed by atoms with E-state index in [1.807, 2.05) is 6.92 Å². The predicted molar refractivity (Wildman–Crippen MR) is 120 cm³/mol. The highest BCUT2D eigenvalue weighted by molar-refractivity contribution is 6.31. The number of hydrogen-bond acceptors (Lipinski definition) is 5. The lowest BCUT2D eigenvalue weighted by molar-refractivity contribution is -0.123. The molecule has 0 aromatic heterocycles. The van der Waals surface area contributed by atoms with Crippen LogP contribution in [-0.2, 0) is 4.79 Å². The highest BCUT2D eigenvalue weighted by Gasteiger charge is 2.10. The minimum Gasteiger partial charge on any atom is -0.508 e. The fourth-order valence-electron chi connectivity index (χ4n) is 2.56. The first-order valence-corrected chi connectivity index (χ1v) is 9.70. The van der Waals surface area contributed by atoms with Gasteiger partial charge < -0.3 is 15.2 Å². The van der Waals surface area contributed by atoms with E-state index in [-0.39, 0.29) is 18.3 Å². The molecule has 0 saturated heterocycles. The number of phenols is 1. The summed E-state index contributed by atoms with van der Waals surface area (Å²) >= 11 is 6.07. The van der Waals surface area contributed by atoms with E-state index in [4.69, 9.17) is 16.3 Å². The molecule has 0 aliphatic rings. The highest BCUT2D eigenvalue weighted by atomic mass is 35.5. The lowest BCUT2D eigenvalue weighted by atomic mass is 10.1. The Morgan fingerprint density at radius 2 is 1.77 bits per heavy atom. The van der Waals surface area contributed by atoms with Gasteiger partial charge in [-0.3, -0.25) is 9.59 Å². The standard InChI is InChI=1S/C23H20ClN3O4/c1-15-20(24)3-2-4-21(15)26-23(30)17-7-11-19(12-8-17)31-14-22(29)27-25-13-16-5-9-18(28)10-6-16/h2-13,28H,14H2,1H3,(H,26,30)(H,27,29)/b25-13+. The fourth-order valence-corrected chi connectivity index (χ4v) is 2.73. The minimum absolute atomic E-state index is 0.151. The molecule has 2 amide bonds. The topological polar surface area (TPSA) is 100 Å². The number of amides is 2. The van der Waals surface area contributed by atoms with Gasteiger partial charge in [0.1, 0.15) is 11.5 Å². The summed E-state index contributed by atoms with van der Waals surface area (Å²) in [5, 5.41) is 16.4. The van der Waals surface area contributed by atoms with Crippen molar-refractivity contribution in [1.82, 2.24) is 5.43 Å². The molecule has 158 valence electrons. The first-order chi connectivity index (χ1) is 14.9. The Morgan fingerprint density at radius 3 is 2.48 bits per heavy atom. The lowest BCUT2D eigenvalue weighted by Gasteiger charge is -2.10. The average molecular weight is 438 g/mol. The van der Waals surface area contributed by atoms with Gasteiger partial charge in [-0.05, 0) is 78.7 Å². The Labute approximate surface area is 184 Å². The third-order valence-electron chi connectivity index (χ3n) is 4.30. The zero-order valence-corrected chi connectivity index (χ0v) is 17.4. The van der Waals surface area contributed by atoms with Crippen molar-refractivity contribution >= 4 is 35.3 Å². The predicted octanol–water partition coefficient (Wildman–Crippen LogP) is 4.14. The second-order valence-corrected chi connectivity index (χ2v) is 6.97. The van der Waals surface area contributed by atoms with Crippen LogP contribution in [0.3, 0.4) is 0 Å². The van der Waals surface area contributed by atoms with E-state index in [1.165, 1.54) is 18.3 Å². The van der Waals surface area contributed by atoms with E-state index in [0.29, 0.717) is 22.0 Å². The molecule has 0 heterocycles. The van der Waals surface area contributed by atoms with Crippen LogP contribution in [0.15, 0.2) is 71.8 Å². The van der Waals surface area contributed by atoms with E-state index in [9.17, 15) is 14.7 Å². The third-order valence-corrected chi connectivity index (χ3v) is 4.71. The normalized spacial score (nSPS) is 10.6. The Balaban J connectivity index is 1.48. The molecule has 31 heavy (non-hydrogen) atoms. The molecule has 3 N–H and O–H groups in total. The Bertz CT molecular complexity index is 1100. The van der Waals surface area contributed by atoms with Crippen LogP contribution in [-0.4, -0.2) is 29.7 Å². The van der Waals surface area contributed by atoms with Crippen molar-refractivity contribution in [3.05, 3.63) is 88.4 Å². The number of hydrazone groups is 1. The second kappa shape index (κ2) is 10.3. The number of hydrogen-bond donors (Lipinski definition) is 3. The van der Waals surface area contributed by atoms with Crippen LogP contribution in [0.5, 0.6) is 11.5 Å². The van der Waals surface area contributed by atoms with Crippen molar-refractivity contribution in [2.45, 2.75) is 6.92 Å². The summed E-state index contributed by atoms with van der Waals surface area (Å²) in [5.74, 6) is -0.127. The lowest BCUT2D eigenvalue weighted by Crippen LogP contribution is -2.24. The van der Waals surface area contributed by atoms with Gasteiger partial charge in [0.2, 0.25) is 0 Å². The molecular weight excluding hydrogens is 418 g/mol. The SMILES string of the molecule is Cc1c(Cl)cccc1NC(=O)c1ccc(OCC(=O)N/N=C/c2ccc(O)cc2)cc1. The number of nitrogens with zero attached hydrogens (tertiary/aromatic N) is 1. The number of rotatable bonds is 7. The van der Waals surface area contributed by atoms with E-state index in [0.717, 1.165) is 11.1 Å². The summed E-state index contributed by atoms with van der Waals surface area (Å²) < 4.78 is 5.41. The number of anilines is 1. The summed E-state index contributed by atoms with van der Waals surface area (Å²) in [7, 11) is 0. The number of carbonyl (C=O) groups excluding carboxylic acids is 2. The molecule has 7 nitrogen and oxygen atoms in total. The number of ether oxygens (including phenoxy) is 1. The van der Waals surface area contributed by atoms with Crippen molar-refractivity contribution in [2.24, 2.45) is 5.10 Å². The van der Waals surface area contributed by atoms with Gasteiger partial charge in [0.25, 0.3) is 11.8 Å². The zero-order valence-electron chi connectivity index (χ0n) is 16.6. The van der Waals surface area contributed by atoms with E-state index < -0.39 is 5.91 Å². The van der Waals surface area contributed by atoms with Crippen molar-refractivity contribution in [3.8, 4) is 11.5 Å². The Morgan fingerprint density at radius 1 is 1.06 bits per heavy atom. The molecule has 0 radical (unpaired) electrons. The smallest absolute Gasteiger partial charge is 0.277 e. The minimum atomic E-state index is -0.437. The molecule has 8 heteroatoms. The van der Waals surface area contributed by atoms with Gasteiger partial charge in [0, 0.05) is 16.3 Å². The van der Waals surface area contributed by atoms with Gasteiger partial charge in [-0.2, -0.15) is 5.10 Å². The number of halogens is 1. The summed E-state index contributed by atoms with van der Waals surface area (Å²) in [6.07, 6.45) is 1.45. The fraction of sp³-hybridized carbons (Fsp3) is 0.0870. The van der Waals surface area contributed by atoms with Crippen LogP contribution in [0.1, 0.15) is 21.5 Å². The van der Waals surface area contributed by atoms with Gasteiger partial charge in [-0.15, -0.1) is 0 Å². The molecule has 0 saturated carbocycles. The van der Waals surface area contributed by atoms with Crippen LogP contribution in [0.2, 0.25) is 5.02 Å². The van der Waals surface area contributed by atoms with E-state index in [2.05, 4.69) is 15.8 Å². The van der Waals surface area contributed by atoms with Crippen LogP contribution >= 0.6 is 11.6 Å². The van der Waals surface area contributed by atoms with Crippen molar-refractivity contribution in [2.75, 3.05) is 11.9 Å². The van der Waals surface area contributed by atoms with Gasteiger partial charge in [0.15, 0.2) is 6.61 Å². The number of nitrogens with one attached hydrogen (secondary N) is 2. The molecule has 0 atom stereocenters. The number of carbonyl (C=O) groups is 2. The van der Waals surface area contributed by atoms with Gasteiger partial charge in [-0.1, -0.05) is 17.7 Å². The monoisotopic (exact) mass is 437 g/mol. The number of benzene rings is 3. The summed E-state index contributed by atoms with van der Waals surface area (Å²) in [5.41, 5.74) is 4.94. The zero-order chi connectivity index (χ0) is 22.2. The van der Waals surface area contributed by atoms with E-state index in [1.54, 1.807) is 54.6 Å². The average Bonchev–Trinajstić information content (AvgIpc) is 2.77. The highest BCUT2D eigenvalue weighted by Crippen LogP contribution is 2.23. The molecule has 3 aromatic rings. The van der Waals surface area contributed by atoms with Crippen LogP contribution < -0.4 is 15.5 Å². The van der Waals surface area contributed by atoms with Crippen molar-refractivity contribution in [1.29, 1.82) is 0 Å². The Kier molecular flexibility index (Phi) is 7.24. The van der Waals surface area contributed by atoms with Gasteiger partial charge in [-0.25, -0.2) is 5.43 Å². The first-order valence-electron chi connectivity index (χ1n) is 9.32. The molecule has 3 rings (SSSR count). The largest absolute Gasteiger partial charge is 0.508 e. The van der Waals surface area contributed by atoms with Crippen LogP contribution in [0.4, 0.5) is 5.69 Å². The summed E-state index contributed by atoms with van der Waals surface area (Å²) in [6.45, 7) is 1.59. The quantitative estimate of drug-likeness (QED) is 0.382. The summed E-state index contributed by atoms with van der Waals surface area (Å²) in [6, 6.07) is 18.1. The molecule has 0 unspecified atom stereocenters. The van der Waals surface area contributed by atoms with Crippen molar-refractivity contribution < 1.29 is 19.4 Å². The molecule has 0 bridgehead atoms. The maximum absolute atomic E-state index is 12.4. The molecule has 0 spiro atoms. The molecule has 0 aliphatic heterocycles. The number of phenolic OH excluding ortho intramolecular Hbond substituents is 1. The van der Waals surface area contributed by atoms with Crippen LogP contribution in [0, 0.1) is 6.92 Å². The molecule has 3 aromatic carbocycles. The third kappa shape index (κ3) is 6.32. The van der Waals surface area contributed by atoms with Crippen molar-refractivity contribution in [3.63, 3.8) is 0 Å². The molecule has 0 aliphatic carbocycles. The second-order valence-electron chi connectivity index (χ2n) is 6.56. The molecule has 0 fully saturated rings. The maximum atomic E-state index is 12.4. The molecular formula is C23H20ClN3O4. The number of aromatic hydroxyl groups is 1. The first kappa shape index (κ1) is 21.9. The van der Waals surface area contributed by atoms with Gasteiger partial charge >= 0.3 is 0 Å². The van der Waals surface area contributed by atoms with Gasteiger partial charge in [0.05, 0.1) is 6.21 Å². The maximum Gasteiger partial charge on any atom is 0.277 e. The van der Waals surface area contributed by atoms with Crippen LogP contribution in [0.25, 0.3) is 0 Å². The summed E-state index contributed by atoms with van der Waals surface area (Å²) in [4.78, 5) is 24.3. The van der Waals surface area contributed by atoms with E-state index >= 15 is 0 Å².